The van der Waals surface area contributed by atoms with Crippen LogP contribution < -0.4 is 10.5 Å². The molecule has 74 valence electrons. The van der Waals surface area contributed by atoms with E-state index in [0.29, 0.717) is 12.1 Å². The second-order valence-electron chi connectivity index (χ2n) is 3.70. The van der Waals surface area contributed by atoms with Gasteiger partial charge >= 0.3 is 0 Å². The molecule has 0 aliphatic rings. The molecule has 0 spiro atoms. The van der Waals surface area contributed by atoms with Crippen LogP contribution in [0.3, 0.4) is 0 Å². The predicted molar refractivity (Wildman–Crippen MR) is 54.9 cm³/mol. The van der Waals surface area contributed by atoms with Crippen LogP contribution in [0, 0.1) is 11.3 Å². The first-order valence-corrected chi connectivity index (χ1v) is 4.47. The molecule has 1 aromatic rings. The van der Waals surface area contributed by atoms with E-state index in [4.69, 9.17) is 15.7 Å². The Labute approximate surface area is 84.1 Å². The van der Waals surface area contributed by atoms with E-state index in [1.165, 1.54) is 0 Å². The van der Waals surface area contributed by atoms with Gasteiger partial charge in [-0.3, -0.25) is 0 Å². The van der Waals surface area contributed by atoms with Crippen molar-refractivity contribution in [2.24, 2.45) is 5.73 Å². The minimum Gasteiger partial charge on any atom is -0.487 e. The van der Waals surface area contributed by atoms with Crippen LogP contribution in [-0.4, -0.2) is 12.1 Å². The van der Waals surface area contributed by atoms with Crippen LogP contribution in [0.25, 0.3) is 0 Å². The van der Waals surface area contributed by atoms with E-state index >= 15 is 0 Å². The van der Waals surface area contributed by atoms with Gasteiger partial charge in [-0.2, -0.15) is 5.26 Å². The fourth-order valence-electron chi connectivity index (χ4n) is 0.958. The molecule has 0 heterocycles. The maximum absolute atomic E-state index is 8.60. The zero-order chi connectivity index (χ0) is 10.6. The van der Waals surface area contributed by atoms with Gasteiger partial charge in [-0.15, -0.1) is 0 Å². The zero-order valence-corrected chi connectivity index (χ0v) is 8.45. The summed E-state index contributed by atoms with van der Waals surface area (Å²) in [4.78, 5) is 0. The topological polar surface area (TPSA) is 59.0 Å². The van der Waals surface area contributed by atoms with E-state index in [0.717, 1.165) is 5.75 Å². The van der Waals surface area contributed by atoms with Crippen molar-refractivity contribution in [2.45, 2.75) is 19.4 Å². The van der Waals surface area contributed by atoms with Crippen LogP contribution in [-0.2, 0) is 0 Å². The van der Waals surface area contributed by atoms with Gasteiger partial charge in [-0.1, -0.05) is 0 Å². The molecule has 0 saturated heterocycles. The third kappa shape index (κ3) is 2.75. The highest BCUT2D eigenvalue weighted by molar-refractivity contribution is 5.34. The molecule has 0 aliphatic heterocycles. The molecule has 0 aliphatic carbocycles. The fourth-order valence-corrected chi connectivity index (χ4v) is 0.958. The van der Waals surface area contributed by atoms with Crippen molar-refractivity contribution >= 4 is 0 Å². The largest absolute Gasteiger partial charge is 0.487 e. The molecule has 0 bridgehead atoms. The van der Waals surface area contributed by atoms with E-state index in [9.17, 15) is 0 Å². The smallest absolute Gasteiger partial charge is 0.120 e. The molecule has 0 radical (unpaired) electrons. The molecular weight excluding hydrogens is 176 g/mol. The number of ether oxygens (including phenoxy) is 1. The van der Waals surface area contributed by atoms with Crippen LogP contribution in [0.15, 0.2) is 24.3 Å². The number of nitrogens with zero attached hydrogens (tertiary/aromatic N) is 1. The number of hydrogen-bond donors (Lipinski definition) is 1. The summed E-state index contributed by atoms with van der Waals surface area (Å²) >= 11 is 0. The molecule has 0 unspecified atom stereocenters. The standard InChI is InChI=1S/C11H14N2O/c1-11(2,8-13)14-10-5-3-9(7-12)4-6-10/h3-6H,8,13H2,1-2H3. The summed E-state index contributed by atoms with van der Waals surface area (Å²) in [5.74, 6) is 0.736. The van der Waals surface area contributed by atoms with E-state index in [1.807, 2.05) is 13.8 Å². The summed E-state index contributed by atoms with van der Waals surface area (Å²) in [6, 6.07) is 9.05. The molecule has 1 aromatic carbocycles. The van der Waals surface area contributed by atoms with Gasteiger partial charge in [-0.05, 0) is 38.1 Å². The minimum atomic E-state index is -0.367. The van der Waals surface area contributed by atoms with Crippen LogP contribution in [0.1, 0.15) is 19.4 Å². The number of rotatable bonds is 3. The number of benzene rings is 1. The molecule has 1 rings (SSSR count). The molecule has 0 amide bonds. The molecule has 3 heteroatoms. The summed E-state index contributed by atoms with van der Waals surface area (Å²) in [6.45, 7) is 4.30. The second kappa shape index (κ2) is 4.12. The van der Waals surface area contributed by atoms with Crippen molar-refractivity contribution in [1.82, 2.24) is 0 Å². The van der Waals surface area contributed by atoms with Crippen LogP contribution >= 0.6 is 0 Å². The third-order valence-corrected chi connectivity index (χ3v) is 1.87. The summed E-state index contributed by atoms with van der Waals surface area (Å²) in [6.07, 6.45) is 0. The highest BCUT2D eigenvalue weighted by Gasteiger charge is 2.16. The number of hydrogen-bond acceptors (Lipinski definition) is 3. The highest BCUT2D eigenvalue weighted by Crippen LogP contribution is 2.17. The minimum absolute atomic E-state index is 0.367. The Morgan fingerprint density at radius 3 is 2.36 bits per heavy atom. The van der Waals surface area contributed by atoms with Gasteiger partial charge in [0.25, 0.3) is 0 Å². The predicted octanol–water partition coefficient (Wildman–Crippen LogP) is 1.67. The van der Waals surface area contributed by atoms with Crippen molar-refractivity contribution in [3.63, 3.8) is 0 Å². The van der Waals surface area contributed by atoms with Gasteiger partial charge in [0.2, 0.25) is 0 Å². The summed E-state index contributed by atoms with van der Waals surface area (Å²) in [5, 5.41) is 8.60. The first kappa shape index (κ1) is 10.6. The first-order valence-electron chi connectivity index (χ1n) is 4.47. The van der Waals surface area contributed by atoms with Crippen LogP contribution in [0.5, 0.6) is 5.75 Å². The Balaban J connectivity index is 2.75. The van der Waals surface area contributed by atoms with E-state index in [1.54, 1.807) is 24.3 Å². The molecule has 0 saturated carbocycles. The van der Waals surface area contributed by atoms with Crippen molar-refractivity contribution in [3.05, 3.63) is 29.8 Å². The monoisotopic (exact) mass is 190 g/mol. The molecule has 2 N–H and O–H groups in total. The van der Waals surface area contributed by atoms with Crippen molar-refractivity contribution in [3.8, 4) is 11.8 Å². The third-order valence-electron chi connectivity index (χ3n) is 1.87. The van der Waals surface area contributed by atoms with Crippen molar-refractivity contribution in [1.29, 1.82) is 5.26 Å². The molecule has 0 atom stereocenters. The van der Waals surface area contributed by atoms with E-state index < -0.39 is 0 Å². The average Bonchev–Trinajstić information content (AvgIpc) is 2.19. The Morgan fingerprint density at radius 1 is 1.36 bits per heavy atom. The molecule has 0 fully saturated rings. The van der Waals surface area contributed by atoms with Gasteiger partial charge in [0.05, 0.1) is 11.6 Å². The molecule has 0 aromatic heterocycles. The average molecular weight is 190 g/mol. The van der Waals surface area contributed by atoms with Gasteiger partial charge in [0.15, 0.2) is 0 Å². The van der Waals surface area contributed by atoms with Gasteiger partial charge in [0.1, 0.15) is 11.4 Å². The Hall–Kier alpha value is -1.53. The fraction of sp³-hybridized carbons (Fsp3) is 0.364. The number of nitriles is 1. The Kier molecular flexibility index (Phi) is 3.10. The quantitative estimate of drug-likeness (QED) is 0.788. The summed E-state index contributed by atoms with van der Waals surface area (Å²) < 4.78 is 5.62. The van der Waals surface area contributed by atoms with E-state index in [-0.39, 0.29) is 5.60 Å². The summed E-state index contributed by atoms with van der Waals surface area (Å²) in [5.41, 5.74) is 5.79. The highest BCUT2D eigenvalue weighted by atomic mass is 16.5. The van der Waals surface area contributed by atoms with Gasteiger partial charge in [-0.25, -0.2) is 0 Å². The molecule has 14 heavy (non-hydrogen) atoms. The lowest BCUT2D eigenvalue weighted by Crippen LogP contribution is -2.37. The Bertz CT molecular complexity index is 335. The summed E-state index contributed by atoms with van der Waals surface area (Å²) in [7, 11) is 0. The normalized spacial score (nSPS) is 10.7. The first-order chi connectivity index (χ1) is 6.57. The zero-order valence-electron chi connectivity index (χ0n) is 8.45. The second-order valence-corrected chi connectivity index (χ2v) is 3.70. The SMILES string of the molecule is CC(C)(CN)Oc1ccc(C#N)cc1. The van der Waals surface area contributed by atoms with Crippen LogP contribution in [0.2, 0.25) is 0 Å². The van der Waals surface area contributed by atoms with Crippen LogP contribution in [0.4, 0.5) is 0 Å². The molecular formula is C11H14N2O. The lowest BCUT2D eigenvalue weighted by atomic mass is 10.1. The lowest BCUT2D eigenvalue weighted by Gasteiger charge is -2.24. The maximum atomic E-state index is 8.60. The van der Waals surface area contributed by atoms with Gasteiger partial charge < -0.3 is 10.5 Å². The lowest BCUT2D eigenvalue weighted by molar-refractivity contribution is 0.119. The van der Waals surface area contributed by atoms with Crippen molar-refractivity contribution < 1.29 is 4.74 Å². The van der Waals surface area contributed by atoms with Gasteiger partial charge in [0, 0.05) is 6.54 Å². The van der Waals surface area contributed by atoms with E-state index in [2.05, 4.69) is 6.07 Å². The Morgan fingerprint density at radius 2 is 1.93 bits per heavy atom. The van der Waals surface area contributed by atoms with Crippen molar-refractivity contribution in [2.75, 3.05) is 6.54 Å². The molecule has 3 nitrogen and oxygen atoms in total. The maximum Gasteiger partial charge on any atom is 0.120 e. The number of nitrogens with two attached hydrogens (primary N) is 1.